The van der Waals surface area contributed by atoms with E-state index in [2.05, 4.69) is 0 Å². The van der Waals surface area contributed by atoms with E-state index in [1.165, 1.54) is 29.6 Å². The molecule has 2 N–H and O–H groups in total. The van der Waals surface area contributed by atoms with Crippen LogP contribution in [0, 0.1) is 0 Å². The molecule has 16 heavy (non-hydrogen) atoms. The number of alkyl halides is 3. The van der Waals surface area contributed by atoms with Gasteiger partial charge < -0.3 is 10.4 Å². The van der Waals surface area contributed by atoms with Crippen molar-refractivity contribution in [2.75, 3.05) is 0 Å². The van der Waals surface area contributed by atoms with Crippen LogP contribution in [0.3, 0.4) is 0 Å². The molecule has 0 aliphatic heterocycles. The number of aliphatic hydroxyl groups is 1. The van der Waals surface area contributed by atoms with Gasteiger partial charge in [0.05, 0.1) is 0 Å². The Morgan fingerprint density at radius 3 is 2.25 bits per heavy atom. The molecule has 0 aliphatic carbocycles. The zero-order valence-corrected chi connectivity index (χ0v) is 8.51. The zero-order valence-electron chi connectivity index (χ0n) is 7.75. The molecule has 88 valence electrons. The second-order valence-electron chi connectivity index (χ2n) is 2.92. The number of rotatable bonds is 2. The van der Waals surface area contributed by atoms with E-state index >= 15 is 0 Å². The van der Waals surface area contributed by atoms with Crippen molar-refractivity contribution in [3.05, 3.63) is 34.9 Å². The highest BCUT2D eigenvalue weighted by Crippen LogP contribution is 2.18. The molecule has 1 aromatic rings. The summed E-state index contributed by atoms with van der Waals surface area (Å²) in [4.78, 5) is 11.2. The van der Waals surface area contributed by atoms with Crippen molar-refractivity contribution in [3.8, 4) is 0 Å². The van der Waals surface area contributed by atoms with Crippen molar-refractivity contribution in [1.29, 1.82) is 0 Å². The summed E-state index contributed by atoms with van der Waals surface area (Å²) < 4.78 is 35.7. The number of carbonyl (C=O) groups is 1. The second kappa shape index (κ2) is 4.71. The number of hydrogen-bond donors (Lipinski definition) is 2. The molecule has 1 atom stereocenters. The van der Waals surface area contributed by atoms with Crippen molar-refractivity contribution < 1.29 is 23.1 Å². The highest BCUT2D eigenvalue weighted by atomic mass is 35.5. The average molecular weight is 254 g/mol. The molecule has 0 radical (unpaired) electrons. The summed E-state index contributed by atoms with van der Waals surface area (Å²) in [6.45, 7) is 0. The van der Waals surface area contributed by atoms with Gasteiger partial charge in [0, 0.05) is 10.6 Å². The summed E-state index contributed by atoms with van der Waals surface area (Å²) in [5, 5.41) is 10.3. The maximum Gasteiger partial charge on any atom is 0.433 e. The molecule has 0 aromatic heterocycles. The zero-order chi connectivity index (χ0) is 12.3. The molecule has 1 aromatic carbocycles. The van der Waals surface area contributed by atoms with Crippen molar-refractivity contribution in [2.45, 2.75) is 12.4 Å². The third-order valence-electron chi connectivity index (χ3n) is 1.68. The summed E-state index contributed by atoms with van der Waals surface area (Å²) in [5.41, 5.74) is -0.0206. The molecule has 0 spiro atoms. The molecule has 0 aliphatic rings. The van der Waals surface area contributed by atoms with Crippen LogP contribution in [0.4, 0.5) is 13.2 Å². The Hall–Kier alpha value is -1.27. The SMILES string of the molecule is O=C(NC(O)C(F)(F)F)c1ccc(Cl)cc1. The van der Waals surface area contributed by atoms with Gasteiger partial charge >= 0.3 is 6.18 Å². The van der Waals surface area contributed by atoms with Gasteiger partial charge in [0.2, 0.25) is 6.23 Å². The van der Waals surface area contributed by atoms with E-state index in [1.807, 2.05) is 0 Å². The summed E-state index contributed by atoms with van der Waals surface area (Å²) in [7, 11) is 0. The molecule has 0 heterocycles. The quantitative estimate of drug-likeness (QED) is 0.792. The molecule has 7 heteroatoms. The maximum absolute atomic E-state index is 11.9. The highest BCUT2D eigenvalue weighted by Gasteiger charge is 2.39. The van der Waals surface area contributed by atoms with Crippen LogP contribution < -0.4 is 5.32 Å². The highest BCUT2D eigenvalue weighted by molar-refractivity contribution is 6.30. The predicted molar refractivity (Wildman–Crippen MR) is 51.0 cm³/mol. The summed E-state index contributed by atoms with van der Waals surface area (Å²) >= 11 is 5.53. The normalized spacial score (nSPS) is 13.3. The lowest BCUT2D eigenvalue weighted by molar-refractivity contribution is -0.209. The van der Waals surface area contributed by atoms with Gasteiger partial charge in [-0.15, -0.1) is 0 Å². The van der Waals surface area contributed by atoms with Crippen LogP contribution in [-0.2, 0) is 0 Å². The predicted octanol–water partition coefficient (Wildman–Crippen LogP) is 1.95. The van der Waals surface area contributed by atoms with E-state index in [1.54, 1.807) is 0 Å². The maximum atomic E-state index is 11.9. The van der Waals surface area contributed by atoms with Crippen molar-refractivity contribution in [1.82, 2.24) is 5.32 Å². The molecule has 1 amide bonds. The van der Waals surface area contributed by atoms with Crippen LogP contribution in [-0.4, -0.2) is 23.4 Å². The Bertz CT molecular complexity index is 377. The lowest BCUT2D eigenvalue weighted by atomic mass is 10.2. The van der Waals surface area contributed by atoms with Crippen LogP contribution >= 0.6 is 11.6 Å². The molecule has 1 unspecified atom stereocenters. The van der Waals surface area contributed by atoms with Gasteiger partial charge in [-0.2, -0.15) is 13.2 Å². The Kier molecular flexibility index (Phi) is 3.77. The van der Waals surface area contributed by atoms with Crippen LogP contribution in [0.5, 0.6) is 0 Å². The van der Waals surface area contributed by atoms with Crippen LogP contribution in [0.25, 0.3) is 0 Å². The minimum absolute atomic E-state index is 0.0206. The van der Waals surface area contributed by atoms with Gasteiger partial charge in [-0.25, -0.2) is 0 Å². The van der Waals surface area contributed by atoms with E-state index in [-0.39, 0.29) is 5.56 Å². The third kappa shape index (κ3) is 3.39. The Morgan fingerprint density at radius 2 is 1.81 bits per heavy atom. The Labute approximate surface area is 93.8 Å². The lowest BCUT2D eigenvalue weighted by Crippen LogP contribution is -2.45. The number of carbonyl (C=O) groups excluding carboxylic acids is 1. The fraction of sp³-hybridized carbons (Fsp3) is 0.222. The minimum atomic E-state index is -4.89. The van der Waals surface area contributed by atoms with Gasteiger partial charge in [0.1, 0.15) is 0 Å². The first-order valence-corrected chi connectivity index (χ1v) is 4.49. The topological polar surface area (TPSA) is 49.3 Å². The van der Waals surface area contributed by atoms with Crippen molar-refractivity contribution in [3.63, 3.8) is 0 Å². The first kappa shape index (κ1) is 12.8. The van der Waals surface area contributed by atoms with E-state index in [4.69, 9.17) is 16.7 Å². The number of halogens is 4. The van der Waals surface area contributed by atoms with Crippen molar-refractivity contribution >= 4 is 17.5 Å². The van der Waals surface area contributed by atoms with Gasteiger partial charge in [0.15, 0.2) is 0 Å². The Morgan fingerprint density at radius 1 is 1.31 bits per heavy atom. The Balaban J connectivity index is 2.70. The smallest absolute Gasteiger partial charge is 0.366 e. The molecule has 0 fully saturated rings. The van der Waals surface area contributed by atoms with Crippen LogP contribution in [0.15, 0.2) is 24.3 Å². The van der Waals surface area contributed by atoms with Gasteiger partial charge in [-0.3, -0.25) is 4.79 Å². The van der Waals surface area contributed by atoms with E-state index in [9.17, 15) is 18.0 Å². The number of benzene rings is 1. The minimum Gasteiger partial charge on any atom is -0.366 e. The van der Waals surface area contributed by atoms with Gasteiger partial charge in [-0.1, -0.05) is 11.6 Å². The fourth-order valence-electron chi connectivity index (χ4n) is 0.891. The van der Waals surface area contributed by atoms with E-state index in [0.717, 1.165) is 0 Å². The molecule has 0 saturated carbocycles. The van der Waals surface area contributed by atoms with Gasteiger partial charge in [0.25, 0.3) is 5.91 Å². The van der Waals surface area contributed by atoms with E-state index in [0.29, 0.717) is 5.02 Å². The largest absolute Gasteiger partial charge is 0.433 e. The standard InChI is InChI=1S/C9H7ClF3NO2/c10-6-3-1-5(2-4-6)7(15)14-8(16)9(11,12)13/h1-4,8,16H,(H,14,15). The van der Waals surface area contributed by atoms with Crippen molar-refractivity contribution in [2.24, 2.45) is 0 Å². The third-order valence-corrected chi connectivity index (χ3v) is 1.94. The van der Waals surface area contributed by atoms with Gasteiger partial charge in [-0.05, 0) is 24.3 Å². The van der Waals surface area contributed by atoms with Crippen LogP contribution in [0.2, 0.25) is 5.02 Å². The number of amides is 1. The van der Waals surface area contributed by atoms with E-state index < -0.39 is 18.3 Å². The fourth-order valence-corrected chi connectivity index (χ4v) is 1.02. The molecular weight excluding hydrogens is 247 g/mol. The van der Waals surface area contributed by atoms with Crippen LogP contribution in [0.1, 0.15) is 10.4 Å². The second-order valence-corrected chi connectivity index (χ2v) is 3.36. The monoisotopic (exact) mass is 253 g/mol. The summed E-state index contributed by atoms with van der Waals surface area (Å²) in [6, 6.07) is 5.22. The average Bonchev–Trinajstić information content (AvgIpc) is 2.17. The number of hydrogen-bond acceptors (Lipinski definition) is 2. The molecule has 3 nitrogen and oxygen atoms in total. The summed E-state index contributed by atoms with van der Waals surface area (Å²) in [5.74, 6) is -1.03. The molecule has 1 rings (SSSR count). The summed E-state index contributed by atoms with van der Waals surface area (Å²) in [6.07, 6.45) is -7.77. The molecule has 0 bridgehead atoms. The number of nitrogens with one attached hydrogen (secondary N) is 1. The molecule has 0 saturated heterocycles. The lowest BCUT2D eigenvalue weighted by Gasteiger charge is -2.15. The first-order chi connectivity index (χ1) is 7.30. The number of aliphatic hydroxyl groups excluding tert-OH is 1. The first-order valence-electron chi connectivity index (χ1n) is 4.12. The molecular formula is C9H7ClF3NO2.